The molecule has 1 unspecified atom stereocenters. The summed E-state index contributed by atoms with van der Waals surface area (Å²) in [5.41, 5.74) is 3.37. The highest BCUT2D eigenvalue weighted by molar-refractivity contribution is 5.64. The molecule has 0 fully saturated rings. The van der Waals surface area contributed by atoms with Gasteiger partial charge in [-0.2, -0.15) is 0 Å². The van der Waals surface area contributed by atoms with E-state index in [0.29, 0.717) is 0 Å². The standard InChI is InChI=1S/C17H14FN/c18-16-9-10-19-17(12-16)15-8-4-7-14(11-15)13-5-2-1-3-6-13/h1-12,17,19H. The van der Waals surface area contributed by atoms with Crippen LogP contribution in [0.4, 0.5) is 4.39 Å². The van der Waals surface area contributed by atoms with E-state index in [0.717, 1.165) is 11.1 Å². The maximum absolute atomic E-state index is 13.3. The molecular formula is C17H14FN. The predicted molar refractivity (Wildman–Crippen MR) is 76.1 cm³/mol. The number of allylic oxidation sites excluding steroid dienone is 2. The average Bonchev–Trinajstić information content (AvgIpc) is 2.48. The molecule has 1 nitrogen and oxygen atoms in total. The third kappa shape index (κ3) is 2.58. The van der Waals surface area contributed by atoms with Crippen molar-refractivity contribution in [3.63, 3.8) is 0 Å². The van der Waals surface area contributed by atoms with Crippen LogP contribution in [-0.4, -0.2) is 0 Å². The van der Waals surface area contributed by atoms with Gasteiger partial charge in [-0.1, -0.05) is 48.5 Å². The van der Waals surface area contributed by atoms with Gasteiger partial charge in [0, 0.05) is 6.20 Å². The van der Waals surface area contributed by atoms with E-state index < -0.39 is 0 Å². The number of hydrogen-bond acceptors (Lipinski definition) is 1. The summed E-state index contributed by atoms with van der Waals surface area (Å²) in [7, 11) is 0. The van der Waals surface area contributed by atoms with Gasteiger partial charge in [0.05, 0.1) is 6.04 Å². The SMILES string of the molecule is FC1=CC(c2cccc(-c3ccccc3)c2)NC=C1. The Morgan fingerprint density at radius 2 is 1.68 bits per heavy atom. The third-order valence-corrected chi connectivity index (χ3v) is 3.20. The van der Waals surface area contributed by atoms with E-state index in [2.05, 4.69) is 29.6 Å². The van der Waals surface area contributed by atoms with Crippen molar-refractivity contribution in [2.75, 3.05) is 0 Å². The van der Waals surface area contributed by atoms with Crippen molar-refractivity contribution in [2.24, 2.45) is 0 Å². The molecule has 1 N–H and O–H groups in total. The van der Waals surface area contributed by atoms with Crippen molar-refractivity contribution in [3.8, 4) is 11.1 Å². The lowest BCUT2D eigenvalue weighted by molar-refractivity contribution is 0.621. The molecule has 2 heteroatoms. The molecule has 1 aliphatic rings. The van der Waals surface area contributed by atoms with Gasteiger partial charge in [0.2, 0.25) is 0 Å². The second-order valence-electron chi connectivity index (χ2n) is 4.52. The topological polar surface area (TPSA) is 12.0 Å². The lowest BCUT2D eigenvalue weighted by Gasteiger charge is -2.17. The Hall–Kier alpha value is -2.35. The predicted octanol–water partition coefficient (Wildman–Crippen LogP) is 4.37. The molecule has 19 heavy (non-hydrogen) atoms. The maximum Gasteiger partial charge on any atom is 0.123 e. The van der Waals surface area contributed by atoms with Gasteiger partial charge in [-0.05, 0) is 34.9 Å². The summed E-state index contributed by atoms with van der Waals surface area (Å²) in [5, 5.41) is 3.15. The normalized spacial score (nSPS) is 17.7. The number of nitrogens with one attached hydrogen (secondary N) is 1. The van der Waals surface area contributed by atoms with Crippen LogP contribution in [0.2, 0.25) is 0 Å². The molecular weight excluding hydrogens is 237 g/mol. The third-order valence-electron chi connectivity index (χ3n) is 3.20. The highest BCUT2D eigenvalue weighted by Crippen LogP contribution is 2.25. The molecule has 1 aliphatic heterocycles. The number of dihydropyridines is 1. The number of halogens is 1. The zero-order chi connectivity index (χ0) is 13.1. The molecule has 0 radical (unpaired) electrons. The molecule has 0 aromatic heterocycles. The van der Waals surface area contributed by atoms with Crippen LogP contribution >= 0.6 is 0 Å². The van der Waals surface area contributed by atoms with Gasteiger partial charge in [0.1, 0.15) is 5.83 Å². The first-order valence-corrected chi connectivity index (χ1v) is 6.28. The molecule has 3 rings (SSSR count). The monoisotopic (exact) mass is 251 g/mol. The first kappa shape index (κ1) is 11.7. The van der Waals surface area contributed by atoms with Gasteiger partial charge in [-0.15, -0.1) is 0 Å². The number of benzene rings is 2. The van der Waals surface area contributed by atoms with Crippen LogP contribution in [0.15, 0.2) is 78.8 Å². The number of rotatable bonds is 2. The van der Waals surface area contributed by atoms with Gasteiger partial charge >= 0.3 is 0 Å². The molecule has 1 heterocycles. The lowest BCUT2D eigenvalue weighted by atomic mass is 9.98. The molecule has 0 saturated carbocycles. The fraction of sp³-hybridized carbons (Fsp3) is 0.0588. The molecule has 0 bridgehead atoms. The Morgan fingerprint density at radius 1 is 0.895 bits per heavy atom. The van der Waals surface area contributed by atoms with E-state index in [1.165, 1.54) is 11.6 Å². The van der Waals surface area contributed by atoms with E-state index in [4.69, 9.17) is 0 Å². The van der Waals surface area contributed by atoms with Crippen molar-refractivity contribution in [1.82, 2.24) is 5.32 Å². The molecule has 2 aromatic carbocycles. The quantitative estimate of drug-likeness (QED) is 0.836. The van der Waals surface area contributed by atoms with Crippen LogP contribution in [-0.2, 0) is 0 Å². The molecule has 1 atom stereocenters. The van der Waals surface area contributed by atoms with E-state index >= 15 is 0 Å². The fourth-order valence-corrected chi connectivity index (χ4v) is 2.23. The van der Waals surface area contributed by atoms with E-state index in [1.54, 1.807) is 12.3 Å². The summed E-state index contributed by atoms with van der Waals surface area (Å²) in [6, 6.07) is 18.2. The zero-order valence-corrected chi connectivity index (χ0v) is 10.4. The summed E-state index contributed by atoms with van der Waals surface area (Å²) in [4.78, 5) is 0. The van der Waals surface area contributed by atoms with Crippen molar-refractivity contribution >= 4 is 0 Å². The Kier molecular flexibility index (Phi) is 3.15. The second kappa shape index (κ2) is 5.11. The lowest BCUT2D eigenvalue weighted by Crippen LogP contribution is -2.15. The highest BCUT2D eigenvalue weighted by Gasteiger charge is 2.11. The Bertz CT molecular complexity index is 629. The minimum absolute atomic E-state index is 0.103. The minimum Gasteiger partial charge on any atom is -0.380 e. The fourth-order valence-electron chi connectivity index (χ4n) is 2.23. The van der Waals surface area contributed by atoms with Gasteiger partial charge in [0.15, 0.2) is 0 Å². The highest BCUT2D eigenvalue weighted by atomic mass is 19.1. The Balaban J connectivity index is 1.95. The average molecular weight is 251 g/mol. The first-order chi connectivity index (χ1) is 9.33. The van der Waals surface area contributed by atoms with E-state index in [-0.39, 0.29) is 11.9 Å². The van der Waals surface area contributed by atoms with Crippen LogP contribution < -0.4 is 5.32 Å². The molecule has 0 spiro atoms. The van der Waals surface area contributed by atoms with Crippen molar-refractivity contribution < 1.29 is 4.39 Å². The number of hydrogen-bond donors (Lipinski definition) is 1. The van der Waals surface area contributed by atoms with E-state index in [1.807, 2.05) is 30.3 Å². The van der Waals surface area contributed by atoms with Gasteiger partial charge in [0.25, 0.3) is 0 Å². The molecule has 94 valence electrons. The van der Waals surface area contributed by atoms with Crippen LogP contribution in [0, 0.1) is 0 Å². The van der Waals surface area contributed by atoms with Gasteiger partial charge in [-0.3, -0.25) is 0 Å². The Labute approximate surface area is 112 Å². The van der Waals surface area contributed by atoms with Crippen LogP contribution in [0.25, 0.3) is 11.1 Å². The van der Waals surface area contributed by atoms with Crippen LogP contribution in [0.5, 0.6) is 0 Å². The maximum atomic E-state index is 13.3. The minimum atomic E-state index is -0.200. The second-order valence-corrected chi connectivity index (χ2v) is 4.52. The summed E-state index contributed by atoms with van der Waals surface area (Å²) in [5.74, 6) is -0.200. The molecule has 0 amide bonds. The van der Waals surface area contributed by atoms with Gasteiger partial charge < -0.3 is 5.32 Å². The van der Waals surface area contributed by atoms with Crippen LogP contribution in [0.3, 0.4) is 0 Å². The van der Waals surface area contributed by atoms with Crippen molar-refractivity contribution in [1.29, 1.82) is 0 Å². The van der Waals surface area contributed by atoms with Crippen molar-refractivity contribution in [3.05, 3.63) is 84.3 Å². The van der Waals surface area contributed by atoms with Crippen LogP contribution in [0.1, 0.15) is 11.6 Å². The van der Waals surface area contributed by atoms with Gasteiger partial charge in [-0.25, -0.2) is 4.39 Å². The first-order valence-electron chi connectivity index (χ1n) is 6.28. The molecule has 0 aliphatic carbocycles. The summed E-state index contributed by atoms with van der Waals surface area (Å²) >= 11 is 0. The van der Waals surface area contributed by atoms with E-state index in [9.17, 15) is 4.39 Å². The molecule has 0 saturated heterocycles. The Morgan fingerprint density at radius 3 is 2.47 bits per heavy atom. The largest absolute Gasteiger partial charge is 0.380 e. The van der Waals surface area contributed by atoms with Crippen molar-refractivity contribution in [2.45, 2.75) is 6.04 Å². The zero-order valence-electron chi connectivity index (χ0n) is 10.4. The summed E-state index contributed by atoms with van der Waals surface area (Å²) < 4.78 is 13.3. The smallest absolute Gasteiger partial charge is 0.123 e. The summed E-state index contributed by atoms with van der Waals surface area (Å²) in [6.07, 6.45) is 4.66. The summed E-state index contributed by atoms with van der Waals surface area (Å²) in [6.45, 7) is 0. The molecule has 2 aromatic rings.